The summed E-state index contributed by atoms with van der Waals surface area (Å²) in [5.41, 5.74) is 0.720. The molecule has 0 saturated carbocycles. The van der Waals surface area contributed by atoms with E-state index in [1.165, 1.54) is 16.4 Å². The number of sulfonamides is 1. The van der Waals surface area contributed by atoms with Gasteiger partial charge in [-0.25, -0.2) is 8.42 Å². The molecule has 1 aliphatic heterocycles. The Hall–Kier alpha value is -2.20. The van der Waals surface area contributed by atoms with Gasteiger partial charge < -0.3 is 13.7 Å². The summed E-state index contributed by atoms with van der Waals surface area (Å²) >= 11 is 5.86. The molecule has 0 radical (unpaired) electrons. The van der Waals surface area contributed by atoms with E-state index >= 15 is 0 Å². The van der Waals surface area contributed by atoms with Crippen molar-refractivity contribution in [2.45, 2.75) is 5.09 Å². The van der Waals surface area contributed by atoms with E-state index < -0.39 is 10.0 Å². The molecule has 3 aromatic rings. The minimum absolute atomic E-state index is 0.0957. The molecule has 8 nitrogen and oxygen atoms in total. The summed E-state index contributed by atoms with van der Waals surface area (Å²) in [6, 6.07) is 9.82. The maximum absolute atomic E-state index is 12.6. The summed E-state index contributed by atoms with van der Waals surface area (Å²) in [6.07, 6.45) is 0. The molecule has 10 heteroatoms. The van der Waals surface area contributed by atoms with Crippen molar-refractivity contribution >= 4 is 21.6 Å². The summed E-state index contributed by atoms with van der Waals surface area (Å²) < 4.78 is 42.3. The van der Waals surface area contributed by atoms with Gasteiger partial charge in [0.15, 0.2) is 5.76 Å². The monoisotopic (exact) mass is 395 g/mol. The summed E-state index contributed by atoms with van der Waals surface area (Å²) in [5, 5.41) is 4.32. The Bertz CT molecular complexity index is 1010. The van der Waals surface area contributed by atoms with Crippen LogP contribution >= 0.6 is 11.6 Å². The minimum atomic E-state index is -3.72. The first-order chi connectivity index (χ1) is 12.5. The molecule has 1 aliphatic rings. The fourth-order valence-corrected chi connectivity index (χ4v) is 3.97. The number of nitrogens with zero attached hydrogens (tertiary/aromatic N) is 3. The van der Waals surface area contributed by atoms with Crippen LogP contribution in [0.25, 0.3) is 23.0 Å². The maximum atomic E-state index is 12.6. The van der Waals surface area contributed by atoms with Crippen molar-refractivity contribution in [1.82, 2.24) is 14.4 Å². The highest BCUT2D eigenvalue weighted by Gasteiger charge is 2.30. The van der Waals surface area contributed by atoms with Gasteiger partial charge in [0.25, 0.3) is 15.9 Å². The molecule has 1 aromatic carbocycles. The van der Waals surface area contributed by atoms with Crippen LogP contribution in [0, 0.1) is 0 Å². The number of furan rings is 1. The molecule has 0 N–H and O–H groups in total. The van der Waals surface area contributed by atoms with Crippen LogP contribution in [0.2, 0.25) is 5.02 Å². The quantitative estimate of drug-likeness (QED) is 0.669. The van der Waals surface area contributed by atoms with E-state index in [1.54, 1.807) is 24.3 Å². The number of hydrogen-bond donors (Lipinski definition) is 0. The molecule has 0 spiro atoms. The number of ether oxygens (including phenoxy) is 1. The van der Waals surface area contributed by atoms with Crippen molar-refractivity contribution in [1.29, 1.82) is 0 Å². The number of hydrogen-bond acceptors (Lipinski definition) is 7. The summed E-state index contributed by atoms with van der Waals surface area (Å²) in [4.78, 5) is 4.25. The Morgan fingerprint density at radius 3 is 2.50 bits per heavy atom. The summed E-state index contributed by atoms with van der Waals surface area (Å²) in [5.74, 6) is 0.633. The van der Waals surface area contributed by atoms with Crippen LogP contribution in [0.15, 0.2) is 50.4 Å². The van der Waals surface area contributed by atoms with Crippen LogP contribution < -0.4 is 0 Å². The van der Waals surface area contributed by atoms with Gasteiger partial charge in [0, 0.05) is 23.7 Å². The Kier molecular flexibility index (Phi) is 4.53. The number of halogens is 1. The molecule has 2 aromatic heterocycles. The second-order valence-electron chi connectivity index (χ2n) is 5.57. The molecule has 0 aliphatic carbocycles. The van der Waals surface area contributed by atoms with Crippen LogP contribution in [0.1, 0.15) is 0 Å². The van der Waals surface area contributed by atoms with Crippen molar-refractivity contribution in [2.24, 2.45) is 0 Å². The van der Waals surface area contributed by atoms with Gasteiger partial charge in [-0.05, 0) is 36.4 Å². The van der Waals surface area contributed by atoms with Crippen LogP contribution in [-0.4, -0.2) is 49.2 Å². The summed E-state index contributed by atoms with van der Waals surface area (Å²) in [6.45, 7) is 1.31. The third kappa shape index (κ3) is 3.26. The Morgan fingerprint density at radius 2 is 1.77 bits per heavy atom. The predicted molar refractivity (Wildman–Crippen MR) is 92.0 cm³/mol. The maximum Gasteiger partial charge on any atom is 0.293 e. The van der Waals surface area contributed by atoms with Crippen molar-refractivity contribution in [2.75, 3.05) is 26.3 Å². The van der Waals surface area contributed by atoms with Crippen molar-refractivity contribution in [3.63, 3.8) is 0 Å². The highest BCUT2D eigenvalue weighted by Crippen LogP contribution is 2.27. The first kappa shape index (κ1) is 17.2. The van der Waals surface area contributed by atoms with Gasteiger partial charge in [-0.3, -0.25) is 0 Å². The van der Waals surface area contributed by atoms with Crippen LogP contribution in [0.3, 0.4) is 0 Å². The number of morpholine rings is 1. The molecule has 1 saturated heterocycles. The number of aromatic nitrogens is 2. The van der Waals surface area contributed by atoms with E-state index in [4.69, 9.17) is 25.3 Å². The van der Waals surface area contributed by atoms with Crippen molar-refractivity contribution in [3.05, 3.63) is 41.4 Å². The lowest BCUT2D eigenvalue weighted by Gasteiger charge is -2.24. The fourth-order valence-electron chi connectivity index (χ4n) is 2.53. The van der Waals surface area contributed by atoms with E-state index in [9.17, 15) is 8.42 Å². The van der Waals surface area contributed by atoms with E-state index in [2.05, 4.69) is 10.1 Å². The Morgan fingerprint density at radius 1 is 1.04 bits per heavy atom. The van der Waals surface area contributed by atoms with Gasteiger partial charge in [0.05, 0.1) is 13.2 Å². The van der Waals surface area contributed by atoms with Gasteiger partial charge in [0.1, 0.15) is 0 Å². The largest absolute Gasteiger partial charge is 0.438 e. The number of rotatable bonds is 4. The molecule has 26 heavy (non-hydrogen) atoms. The van der Waals surface area contributed by atoms with E-state index in [0.29, 0.717) is 37.2 Å². The lowest BCUT2D eigenvalue weighted by atomic mass is 10.2. The zero-order valence-corrected chi connectivity index (χ0v) is 15.0. The molecule has 136 valence electrons. The lowest BCUT2D eigenvalue weighted by Crippen LogP contribution is -2.40. The van der Waals surface area contributed by atoms with Gasteiger partial charge in [-0.2, -0.15) is 9.29 Å². The van der Waals surface area contributed by atoms with E-state index in [-0.39, 0.29) is 16.7 Å². The molecule has 0 amide bonds. The molecular formula is C16H14ClN3O5S. The molecular weight excluding hydrogens is 382 g/mol. The normalized spacial score (nSPS) is 16.0. The lowest BCUT2D eigenvalue weighted by molar-refractivity contribution is 0.0724. The average Bonchev–Trinajstić information content (AvgIpc) is 3.33. The second-order valence-corrected chi connectivity index (χ2v) is 7.87. The standard InChI is InChI=1S/C16H14ClN3O5S/c17-12-3-1-11(2-4-12)15-18-16(25-19-15)13-5-6-14(24-13)26(21,22)20-7-9-23-10-8-20/h1-6H,7-10H2. The molecule has 1 fully saturated rings. The van der Waals surface area contributed by atoms with Crippen LogP contribution in [0.5, 0.6) is 0 Å². The van der Waals surface area contributed by atoms with Crippen molar-refractivity contribution < 1.29 is 22.1 Å². The number of benzene rings is 1. The topological polar surface area (TPSA) is 98.7 Å². The molecule has 0 bridgehead atoms. The van der Waals surface area contributed by atoms with Gasteiger partial charge >= 0.3 is 0 Å². The van der Waals surface area contributed by atoms with Crippen LogP contribution in [0.4, 0.5) is 0 Å². The SMILES string of the molecule is O=S(=O)(c1ccc(-c2nc(-c3ccc(Cl)cc3)no2)o1)N1CCOCC1. The molecule has 4 rings (SSSR count). The zero-order valence-electron chi connectivity index (χ0n) is 13.5. The Labute approximate surface area is 154 Å². The first-order valence-electron chi connectivity index (χ1n) is 7.82. The highest BCUT2D eigenvalue weighted by molar-refractivity contribution is 7.89. The van der Waals surface area contributed by atoms with Gasteiger partial charge in [-0.1, -0.05) is 16.8 Å². The first-order valence-corrected chi connectivity index (χ1v) is 9.63. The predicted octanol–water partition coefficient (Wildman–Crippen LogP) is 2.67. The fraction of sp³-hybridized carbons (Fsp3) is 0.250. The third-order valence-electron chi connectivity index (χ3n) is 3.88. The molecule has 0 atom stereocenters. The Balaban J connectivity index is 1.59. The molecule has 0 unspecified atom stereocenters. The third-order valence-corrected chi connectivity index (χ3v) is 5.91. The van der Waals surface area contributed by atoms with E-state index in [0.717, 1.165) is 5.56 Å². The van der Waals surface area contributed by atoms with Crippen LogP contribution in [-0.2, 0) is 14.8 Å². The zero-order chi connectivity index (χ0) is 18.1. The summed E-state index contributed by atoms with van der Waals surface area (Å²) in [7, 11) is -3.72. The van der Waals surface area contributed by atoms with Gasteiger partial charge in [-0.15, -0.1) is 0 Å². The average molecular weight is 396 g/mol. The molecule has 3 heterocycles. The smallest absolute Gasteiger partial charge is 0.293 e. The van der Waals surface area contributed by atoms with Crippen molar-refractivity contribution in [3.8, 4) is 23.0 Å². The minimum Gasteiger partial charge on any atom is -0.438 e. The second kappa shape index (κ2) is 6.84. The van der Waals surface area contributed by atoms with E-state index in [1.807, 2.05) is 0 Å². The van der Waals surface area contributed by atoms with Gasteiger partial charge in [0.2, 0.25) is 10.9 Å². The highest BCUT2D eigenvalue weighted by atomic mass is 35.5.